The lowest BCUT2D eigenvalue weighted by Gasteiger charge is -2.17. The van der Waals surface area contributed by atoms with Crippen molar-refractivity contribution in [2.45, 2.75) is 18.9 Å². The van der Waals surface area contributed by atoms with E-state index in [0.717, 1.165) is 5.56 Å². The molecule has 110 valence electrons. The van der Waals surface area contributed by atoms with Gasteiger partial charge in [0.1, 0.15) is 5.75 Å². The van der Waals surface area contributed by atoms with E-state index < -0.39 is 17.9 Å². The van der Waals surface area contributed by atoms with Gasteiger partial charge in [-0.3, -0.25) is 4.79 Å². The molecule has 2 unspecified atom stereocenters. The van der Waals surface area contributed by atoms with Gasteiger partial charge in [0, 0.05) is 7.11 Å². The maximum atomic E-state index is 12.0. The maximum Gasteiger partial charge on any atom is 0.328 e. The van der Waals surface area contributed by atoms with E-state index in [9.17, 15) is 9.59 Å². The molecule has 2 atom stereocenters. The van der Waals surface area contributed by atoms with Crippen LogP contribution in [0.2, 0.25) is 0 Å². The van der Waals surface area contributed by atoms with Crippen LogP contribution in [0.5, 0.6) is 5.75 Å². The van der Waals surface area contributed by atoms with Gasteiger partial charge >= 0.3 is 5.97 Å². The molecule has 0 aromatic heterocycles. The van der Waals surface area contributed by atoms with Gasteiger partial charge in [0.2, 0.25) is 5.91 Å². The van der Waals surface area contributed by atoms with E-state index in [1.165, 1.54) is 7.11 Å². The van der Waals surface area contributed by atoms with Crippen molar-refractivity contribution in [1.82, 2.24) is 5.32 Å². The number of ether oxygens (including phenoxy) is 2. The summed E-state index contributed by atoms with van der Waals surface area (Å²) in [6.45, 7) is 1.64. The van der Waals surface area contributed by atoms with Crippen LogP contribution in [0.25, 0.3) is 0 Å². The fourth-order valence-corrected chi connectivity index (χ4v) is 1.68. The molecule has 20 heavy (non-hydrogen) atoms. The molecule has 0 heterocycles. The number of carboxylic acids is 1. The minimum Gasteiger partial charge on any atom is -0.497 e. The van der Waals surface area contributed by atoms with E-state index in [-0.39, 0.29) is 12.5 Å². The number of rotatable bonds is 7. The van der Waals surface area contributed by atoms with Crippen LogP contribution in [0, 0.1) is 0 Å². The van der Waals surface area contributed by atoms with E-state index >= 15 is 0 Å². The number of methoxy groups -OCH3 is 2. The number of hydrogen-bond acceptors (Lipinski definition) is 4. The Labute approximate surface area is 117 Å². The maximum absolute atomic E-state index is 12.0. The summed E-state index contributed by atoms with van der Waals surface area (Å²) in [4.78, 5) is 23.0. The quantitative estimate of drug-likeness (QED) is 0.779. The molecule has 6 nitrogen and oxygen atoms in total. The van der Waals surface area contributed by atoms with E-state index in [1.54, 1.807) is 38.3 Å². The summed E-state index contributed by atoms with van der Waals surface area (Å²) in [5.41, 5.74) is 0.782. The zero-order valence-electron chi connectivity index (χ0n) is 11.8. The Morgan fingerprint density at radius 2 is 1.85 bits per heavy atom. The highest BCUT2D eigenvalue weighted by molar-refractivity contribution is 5.87. The monoisotopic (exact) mass is 281 g/mol. The van der Waals surface area contributed by atoms with Crippen molar-refractivity contribution < 1.29 is 24.2 Å². The number of amides is 1. The first-order chi connectivity index (χ1) is 9.49. The largest absolute Gasteiger partial charge is 0.497 e. The Morgan fingerprint density at radius 1 is 1.25 bits per heavy atom. The molecular formula is C14H19NO5. The highest BCUT2D eigenvalue weighted by Crippen LogP contribution is 2.19. The summed E-state index contributed by atoms with van der Waals surface area (Å²) in [5, 5.41) is 11.4. The van der Waals surface area contributed by atoms with E-state index in [1.807, 2.05) is 0 Å². The molecule has 0 saturated carbocycles. The highest BCUT2D eigenvalue weighted by atomic mass is 16.5. The molecule has 6 heteroatoms. The summed E-state index contributed by atoms with van der Waals surface area (Å²) in [5.74, 6) is -1.24. The summed E-state index contributed by atoms with van der Waals surface area (Å²) in [7, 11) is 2.95. The second kappa shape index (κ2) is 7.49. The van der Waals surface area contributed by atoms with Crippen molar-refractivity contribution in [3.63, 3.8) is 0 Å². The average Bonchev–Trinajstić information content (AvgIpc) is 2.45. The van der Waals surface area contributed by atoms with Gasteiger partial charge < -0.3 is 19.9 Å². The lowest BCUT2D eigenvalue weighted by molar-refractivity contribution is -0.143. The number of benzene rings is 1. The van der Waals surface area contributed by atoms with Gasteiger partial charge in [0.25, 0.3) is 0 Å². The Bertz CT molecular complexity index is 457. The molecule has 1 amide bonds. The fraction of sp³-hybridized carbons (Fsp3) is 0.429. The van der Waals surface area contributed by atoms with Gasteiger partial charge in [-0.25, -0.2) is 4.79 Å². The summed E-state index contributed by atoms with van der Waals surface area (Å²) < 4.78 is 9.81. The van der Waals surface area contributed by atoms with Crippen LogP contribution in [-0.2, 0) is 14.3 Å². The molecule has 1 rings (SSSR count). The Morgan fingerprint density at radius 3 is 2.30 bits per heavy atom. The topological polar surface area (TPSA) is 84.9 Å². The Hall–Kier alpha value is -2.08. The first-order valence-electron chi connectivity index (χ1n) is 6.15. The molecule has 0 bridgehead atoms. The molecule has 0 aliphatic heterocycles. The van der Waals surface area contributed by atoms with E-state index in [0.29, 0.717) is 5.75 Å². The first-order valence-corrected chi connectivity index (χ1v) is 6.15. The zero-order valence-corrected chi connectivity index (χ0v) is 11.8. The van der Waals surface area contributed by atoms with Gasteiger partial charge in [-0.15, -0.1) is 0 Å². The lowest BCUT2D eigenvalue weighted by atomic mass is 10.00. The molecular weight excluding hydrogens is 262 g/mol. The second-order valence-corrected chi connectivity index (χ2v) is 4.35. The minimum absolute atomic E-state index is 0.0730. The highest BCUT2D eigenvalue weighted by Gasteiger charge is 2.23. The standard InChI is InChI=1S/C14H19NO5/c1-9(10-4-6-11(20-3)7-5-10)13(16)15-12(8-19-2)14(17)18/h4-7,9,12H,8H2,1-3H3,(H,15,16)(H,17,18). The van der Waals surface area contributed by atoms with E-state index in [4.69, 9.17) is 14.6 Å². The van der Waals surface area contributed by atoms with Crippen molar-refractivity contribution in [2.75, 3.05) is 20.8 Å². The lowest BCUT2D eigenvalue weighted by Crippen LogP contribution is -2.45. The first kappa shape index (κ1) is 16.0. The van der Waals surface area contributed by atoms with Crippen molar-refractivity contribution in [3.8, 4) is 5.75 Å². The smallest absolute Gasteiger partial charge is 0.328 e. The average molecular weight is 281 g/mol. The van der Waals surface area contributed by atoms with Crippen LogP contribution in [-0.4, -0.2) is 43.9 Å². The number of carbonyl (C=O) groups is 2. The van der Waals surface area contributed by atoms with Crippen molar-refractivity contribution >= 4 is 11.9 Å². The number of hydrogen-bond donors (Lipinski definition) is 2. The van der Waals surface area contributed by atoms with Gasteiger partial charge in [-0.05, 0) is 24.6 Å². The summed E-state index contributed by atoms with van der Waals surface area (Å²) in [6.07, 6.45) is 0. The molecule has 0 aliphatic rings. The number of aliphatic carboxylic acids is 1. The predicted molar refractivity (Wildman–Crippen MR) is 72.9 cm³/mol. The van der Waals surface area contributed by atoms with Crippen LogP contribution in [0.3, 0.4) is 0 Å². The minimum atomic E-state index is -1.12. The van der Waals surface area contributed by atoms with Gasteiger partial charge in [0.05, 0.1) is 19.6 Å². The van der Waals surface area contributed by atoms with Crippen molar-refractivity contribution in [3.05, 3.63) is 29.8 Å². The zero-order chi connectivity index (χ0) is 15.1. The second-order valence-electron chi connectivity index (χ2n) is 4.35. The third-order valence-electron chi connectivity index (χ3n) is 2.96. The van der Waals surface area contributed by atoms with Crippen LogP contribution in [0.1, 0.15) is 18.4 Å². The number of nitrogens with one attached hydrogen (secondary N) is 1. The van der Waals surface area contributed by atoms with Crippen molar-refractivity contribution in [1.29, 1.82) is 0 Å². The van der Waals surface area contributed by atoms with Gasteiger partial charge in [-0.2, -0.15) is 0 Å². The summed E-state index contributed by atoms with van der Waals surface area (Å²) in [6, 6.07) is 6.00. The molecule has 1 aromatic carbocycles. The Kier molecular flexibility index (Phi) is 5.99. The molecule has 0 spiro atoms. The molecule has 0 fully saturated rings. The third-order valence-corrected chi connectivity index (χ3v) is 2.96. The van der Waals surface area contributed by atoms with Gasteiger partial charge in [-0.1, -0.05) is 12.1 Å². The molecule has 0 aliphatic carbocycles. The summed E-state index contributed by atoms with van der Waals surface area (Å²) >= 11 is 0. The van der Waals surface area contributed by atoms with Gasteiger partial charge in [0.15, 0.2) is 6.04 Å². The normalized spacial score (nSPS) is 13.3. The molecule has 1 aromatic rings. The molecule has 2 N–H and O–H groups in total. The van der Waals surface area contributed by atoms with E-state index in [2.05, 4.69) is 5.32 Å². The number of carboxylic acid groups (broad SMARTS) is 1. The van der Waals surface area contributed by atoms with Crippen LogP contribution >= 0.6 is 0 Å². The molecule has 0 saturated heterocycles. The predicted octanol–water partition coefficient (Wildman–Crippen LogP) is 1.01. The van der Waals surface area contributed by atoms with Crippen LogP contribution < -0.4 is 10.1 Å². The Balaban J connectivity index is 2.71. The molecule has 0 radical (unpaired) electrons. The van der Waals surface area contributed by atoms with Crippen molar-refractivity contribution in [2.24, 2.45) is 0 Å². The fourth-order valence-electron chi connectivity index (χ4n) is 1.68. The SMILES string of the molecule is COCC(NC(=O)C(C)c1ccc(OC)cc1)C(=O)O. The third kappa shape index (κ3) is 4.24. The number of carbonyl (C=O) groups excluding carboxylic acids is 1. The van der Waals surface area contributed by atoms with Crippen LogP contribution in [0.15, 0.2) is 24.3 Å². The van der Waals surface area contributed by atoms with Crippen LogP contribution in [0.4, 0.5) is 0 Å².